The molecule has 0 atom stereocenters. The number of hydrogen-bond donors (Lipinski definition) is 2. The van der Waals surface area contributed by atoms with Crippen molar-refractivity contribution in [2.45, 2.75) is 45.6 Å². The summed E-state index contributed by atoms with van der Waals surface area (Å²) in [5, 5.41) is 6.85. The van der Waals surface area contributed by atoms with Crippen LogP contribution in [-0.2, 0) is 4.74 Å². The molecular weight excluding hydrogens is 240 g/mol. The molecule has 1 fully saturated rings. The minimum atomic E-state index is 0.0705. The van der Waals surface area contributed by atoms with Crippen LogP contribution in [0.15, 0.2) is 6.07 Å². The topological polar surface area (TPSA) is 59.1 Å². The molecule has 1 aliphatic rings. The third-order valence-corrected chi connectivity index (χ3v) is 3.42. The monoisotopic (exact) mass is 264 g/mol. The van der Waals surface area contributed by atoms with Crippen molar-refractivity contribution >= 4 is 11.6 Å². The quantitative estimate of drug-likeness (QED) is 0.856. The number of nitrogens with zero attached hydrogens (tertiary/aromatic N) is 2. The van der Waals surface area contributed by atoms with Crippen molar-refractivity contribution in [3.05, 3.63) is 11.9 Å². The van der Waals surface area contributed by atoms with Gasteiger partial charge >= 0.3 is 0 Å². The second-order valence-electron chi connectivity index (χ2n) is 5.41. The SMILES string of the molecule is CCCNc1cc(NC2(C)CCOCC2)nc(C)n1. The maximum absolute atomic E-state index is 5.42. The highest BCUT2D eigenvalue weighted by atomic mass is 16.5. The van der Waals surface area contributed by atoms with E-state index in [2.05, 4.69) is 34.4 Å². The standard InChI is InChI=1S/C14H24N4O/c1-4-7-15-12-10-13(17-11(2)16-12)18-14(3)5-8-19-9-6-14/h10H,4-9H2,1-3H3,(H2,15,16,17,18). The van der Waals surface area contributed by atoms with Crippen LogP contribution in [0.3, 0.4) is 0 Å². The van der Waals surface area contributed by atoms with Gasteiger partial charge in [-0.25, -0.2) is 9.97 Å². The van der Waals surface area contributed by atoms with Gasteiger partial charge in [-0.1, -0.05) is 6.92 Å². The zero-order valence-corrected chi connectivity index (χ0v) is 12.1. The van der Waals surface area contributed by atoms with E-state index in [9.17, 15) is 0 Å². The lowest BCUT2D eigenvalue weighted by atomic mass is 9.92. The van der Waals surface area contributed by atoms with Gasteiger partial charge in [0.2, 0.25) is 0 Å². The van der Waals surface area contributed by atoms with Gasteiger partial charge in [0, 0.05) is 31.4 Å². The summed E-state index contributed by atoms with van der Waals surface area (Å²) in [6.07, 6.45) is 3.10. The Morgan fingerprint density at radius 2 is 1.95 bits per heavy atom. The van der Waals surface area contributed by atoms with Crippen molar-refractivity contribution < 1.29 is 4.74 Å². The highest BCUT2D eigenvalue weighted by Crippen LogP contribution is 2.25. The first-order valence-corrected chi connectivity index (χ1v) is 7.07. The number of ether oxygens (including phenoxy) is 1. The molecule has 0 aromatic carbocycles. The van der Waals surface area contributed by atoms with Crippen molar-refractivity contribution in [2.24, 2.45) is 0 Å². The van der Waals surface area contributed by atoms with Gasteiger partial charge in [0.1, 0.15) is 17.5 Å². The van der Waals surface area contributed by atoms with Crippen LogP contribution >= 0.6 is 0 Å². The number of hydrogen-bond acceptors (Lipinski definition) is 5. The molecule has 1 aliphatic heterocycles. The highest BCUT2D eigenvalue weighted by Gasteiger charge is 2.27. The Balaban J connectivity index is 2.08. The normalized spacial score (nSPS) is 18.1. The molecule has 106 valence electrons. The zero-order chi connectivity index (χ0) is 13.7. The molecule has 0 saturated carbocycles. The van der Waals surface area contributed by atoms with Crippen LogP contribution in [0.2, 0.25) is 0 Å². The van der Waals surface area contributed by atoms with Gasteiger partial charge in [-0.2, -0.15) is 0 Å². The average Bonchev–Trinajstić information content (AvgIpc) is 2.36. The molecular formula is C14H24N4O. The van der Waals surface area contributed by atoms with E-state index < -0.39 is 0 Å². The van der Waals surface area contributed by atoms with E-state index in [1.54, 1.807) is 0 Å². The molecule has 5 heteroatoms. The van der Waals surface area contributed by atoms with Crippen LogP contribution in [0.1, 0.15) is 38.9 Å². The van der Waals surface area contributed by atoms with Gasteiger partial charge in [0.15, 0.2) is 0 Å². The Kier molecular flexibility index (Phi) is 4.58. The summed E-state index contributed by atoms with van der Waals surface area (Å²) >= 11 is 0. The van der Waals surface area contributed by atoms with Gasteiger partial charge in [0.25, 0.3) is 0 Å². The van der Waals surface area contributed by atoms with Crippen molar-refractivity contribution in [2.75, 3.05) is 30.4 Å². The number of nitrogens with one attached hydrogen (secondary N) is 2. The molecule has 0 radical (unpaired) electrons. The maximum Gasteiger partial charge on any atom is 0.132 e. The van der Waals surface area contributed by atoms with E-state index in [0.29, 0.717) is 0 Å². The predicted molar refractivity (Wildman–Crippen MR) is 77.6 cm³/mol. The Bertz CT molecular complexity index is 416. The van der Waals surface area contributed by atoms with E-state index in [-0.39, 0.29) is 5.54 Å². The van der Waals surface area contributed by atoms with Crippen LogP contribution in [0, 0.1) is 6.92 Å². The molecule has 2 heterocycles. The Labute approximate surface area is 115 Å². The fraction of sp³-hybridized carbons (Fsp3) is 0.714. The lowest BCUT2D eigenvalue weighted by Gasteiger charge is -2.35. The van der Waals surface area contributed by atoms with Crippen LogP contribution in [0.25, 0.3) is 0 Å². The molecule has 1 saturated heterocycles. The Hall–Kier alpha value is -1.36. The summed E-state index contributed by atoms with van der Waals surface area (Å²) < 4.78 is 5.42. The van der Waals surface area contributed by atoms with Gasteiger partial charge in [-0.3, -0.25) is 0 Å². The van der Waals surface area contributed by atoms with E-state index in [1.807, 2.05) is 13.0 Å². The van der Waals surface area contributed by atoms with E-state index in [4.69, 9.17) is 4.74 Å². The first-order chi connectivity index (χ1) is 9.11. The Morgan fingerprint density at radius 1 is 1.26 bits per heavy atom. The van der Waals surface area contributed by atoms with Crippen molar-refractivity contribution in [1.82, 2.24) is 9.97 Å². The number of anilines is 2. The van der Waals surface area contributed by atoms with Crippen LogP contribution in [-0.4, -0.2) is 35.3 Å². The number of aryl methyl sites for hydroxylation is 1. The molecule has 2 rings (SSSR count). The van der Waals surface area contributed by atoms with Gasteiger partial charge in [0.05, 0.1) is 0 Å². The fourth-order valence-electron chi connectivity index (χ4n) is 2.23. The summed E-state index contributed by atoms with van der Waals surface area (Å²) in [5.41, 5.74) is 0.0705. The van der Waals surface area contributed by atoms with E-state index >= 15 is 0 Å². The molecule has 1 aromatic rings. The predicted octanol–water partition coefficient (Wildman–Crippen LogP) is 2.59. The molecule has 0 amide bonds. The van der Waals surface area contributed by atoms with Gasteiger partial charge < -0.3 is 15.4 Å². The molecule has 0 aliphatic carbocycles. The van der Waals surface area contributed by atoms with E-state index in [1.165, 1.54) is 0 Å². The molecule has 2 N–H and O–H groups in total. The van der Waals surface area contributed by atoms with Crippen LogP contribution in [0.4, 0.5) is 11.6 Å². The minimum Gasteiger partial charge on any atom is -0.381 e. The zero-order valence-electron chi connectivity index (χ0n) is 12.1. The van der Waals surface area contributed by atoms with E-state index in [0.717, 1.165) is 56.5 Å². The number of aromatic nitrogens is 2. The third-order valence-electron chi connectivity index (χ3n) is 3.42. The summed E-state index contributed by atoms with van der Waals surface area (Å²) in [5.74, 6) is 2.59. The second kappa shape index (κ2) is 6.19. The number of rotatable bonds is 5. The molecule has 0 spiro atoms. The second-order valence-corrected chi connectivity index (χ2v) is 5.41. The first kappa shape index (κ1) is 14.1. The third kappa shape index (κ3) is 4.06. The minimum absolute atomic E-state index is 0.0705. The maximum atomic E-state index is 5.42. The van der Waals surface area contributed by atoms with Gasteiger partial charge in [-0.05, 0) is 33.1 Å². The molecule has 0 unspecified atom stereocenters. The average molecular weight is 264 g/mol. The summed E-state index contributed by atoms with van der Waals surface area (Å²) in [6, 6.07) is 1.99. The van der Waals surface area contributed by atoms with Gasteiger partial charge in [-0.15, -0.1) is 0 Å². The highest BCUT2D eigenvalue weighted by molar-refractivity contribution is 5.48. The van der Waals surface area contributed by atoms with Crippen molar-refractivity contribution in [3.8, 4) is 0 Å². The lowest BCUT2D eigenvalue weighted by Crippen LogP contribution is -2.41. The molecule has 1 aromatic heterocycles. The lowest BCUT2D eigenvalue weighted by molar-refractivity contribution is 0.0657. The summed E-state index contributed by atoms with van der Waals surface area (Å²) in [7, 11) is 0. The van der Waals surface area contributed by atoms with Crippen LogP contribution in [0.5, 0.6) is 0 Å². The molecule has 5 nitrogen and oxygen atoms in total. The fourth-order valence-corrected chi connectivity index (χ4v) is 2.23. The van der Waals surface area contributed by atoms with Crippen LogP contribution < -0.4 is 10.6 Å². The summed E-state index contributed by atoms with van der Waals surface area (Å²) in [6.45, 7) is 8.86. The largest absolute Gasteiger partial charge is 0.381 e. The molecule has 0 bridgehead atoms. The Morgan fingerprint density at radius 3 is 2.63 bits per heavy atom. The van der Waals surface area contributed by atoms with Crippen molar-refractivity contribution in [3.63, 3.8) is 0 Å². The summed E-state index contributed by atoms with van der Waals surface area (Å²) in [4.78, 5) is 8.88. The first-order valence-electron chi connectivity index (χ1n) is 7.07. The smallest absolute Gasteiger partial charge is 0.132 e. The molecule has 19 heavy (non-hydrogen) atoms. The van der Waals surface area contributed by atoms with Crippen molar-refractivity contribution in [1.29, 1.82) is 0 Å².